The molecular formula is C20H20BrNO3. The molecule has 5 heteroatoms. The van der Waals surface area contributed by atoms with Crippen LogP contribution in [0.2, 0.25) is 0 Å². The Balaban J connectivity index is 1.79. The molecule has 0 aliphatic carbocycles. The number of aryl methyl sites for hydroxylation is 1. The van der Waals surface area contributed by atoms with Gasteiger partial charge in [0.25, 0.3) is 0 Å². The maximum Gasteiger partial charge on any atom is 0.226 e. The van der Waals surface area contributed by atoms with Crippen molar-refractivity contribution in [3.05, 3.63) is 70.3 Å². The number of aliphatic hydroxyl groups excluding tert-OH is 1. The van der Waals surface area contributed by atoms with Crippen LogP contribution in [0.1, 0.15) is 18.2 Å². The summed E-state index contributed by atoms with van der Waals surface area (Å²) in [5.74, 6) is 0.608. The quantitative estimate of drug-likeness (QED) is 0.612. The van der Waals surface area contributed by atoms with E-state index in [1.54, 1.807) is 6.92 Å². The third kappa shape index (κ3) is 4.37. The van der Waals surface area contributed by atoms with Crippen LogP contribution < -0.4 is 4.74 Å². The summed E-state index contributed by atoms with van der Waals surface area (Å²) in [6.45, 7) is 3.97. The summed E-state index contributed by atoms with van der Waals surface area (Å²) in [7, 11) is 0. The zero-order valence-corrected chi connectivity index (χ0v) is 15.7. The summed E-state index contributed by atoms with van der Waals surface area (Å²) in [6, 6.07) is 17.5. The highest BCUT2D eigenvalue weighted by Crippen LogP contribution is 2.33. The molecule has 1 heterocycles. The predicted molar refractivity (Wildman–Crippen MR) is 102 cm³/mol. The number of fused-ring (bicyclic) bond motifs is 1. The molecule has 0 fully saturated rings. The molecule has 0 aliphatic heterocycles. The number of hydrogen-bond donors (Lipinski definition) is 1. The van der Waals surface area contributed by atoms with Gasteiger partial charge < -0.3 is 14.6 Å². The SMILES string of the molecule is Cc1ccc2c(Br)c(OC(OCc3ccccc3)[C@H](C)O)ccc2n1. The molecule has 0 spiro atoms. The van der Waals surface area contributed by atoms with Gasteiger partial charge >= 0.3 is 0 Å². The first-order valence-electron chi connectivity index (χ1n) is 8.10. The number of halogens is 1. The Bertz CT molecular complexity index is 852. The average molecular weight is 402 g/mol. The molecule has 1 unspecified atom stereocenters. The third-order valence-corrected chi connectivity index (χ3v) is 4.62. The number of hydrogen-bond acceptors (Lipinski definition) is 4. The van der Waals surface area contributed by atoms with Gasteiger partial charge in [-0.1, -0.05) is 30.3 Å². The van der Waals surface area contributed by atoms with Gasteiger partial charge in [0.05, 0.1) is 16.6 Å². The molecule has 3 aromatic rings. The minimum Gasteiger partial charge on any atom is -0.461 e. The number of ether oxygens (including phenoxy) is 2. The lowest BCUT2D eigenvalue weighted by Gasteiger charge is -2.23. The summed E-state index contributed by atoms with van der Waals surface area (Å²) in [6.07, 6.45) is -1.55. The Morgan fingerprint density at radius 2 is 1.84 bits per heavy atom. The fourth-order valence-electron chi connectivity index (χ4n) is 2.49. The Morgan fingerprint density at radius 3 is 2.56 bits per heavy atom. The van der Waals surface area contributed by atoms with Crippen molar-refractivity contribution in [1.29, 1.82) is 0 Å². The van der Waals surface area contributed by atoms with Crippen LogP contribution in [-0.4, -0.2) is 22.5 Å². The molecule has 0 saturated carbocycles. The van der Waals surface area contributed by atoms with Gasteiger partial charge in [-0.05, 0) is 59.6 Å². The molecule has 4 nitrogen and oxygen atoms in total. The van der Waals surface area contributed by atoms with Crippen LogP contribution in [0.5, 0.6) is 5.75 Å². The zero-order valence-electron chi connectivity index (χ0n) is 14.1. The highest BCUT2D eigenvalue weighted by molar-refractivity contribution is 9.10. The topological polar surface area (TPSA) is 51.6 Å². The van der Waals surface area contributed by atoms with Gasteiger partial charge in [0, 0.05) is 11.1 Å². The molecule has 130 valence electrons. The minimum absolute atomic E-state index is 0.363. The van der Waals surface area contributed by atoms with E-state index in [0.29, 0.717) is 12.4 Å². The molecule has 3 rings (SSSR count). The van der Waals surface area contributed by atoms with E-state index >= 15 is 0 Å². The summed E-state index contributed by atoms with van der Waals surface area (Å²) < 4.78 is 12.5. The van der Waals surface area contributed by atoms with Gasteiger partial charge in [-0.25, -0.2) is 0 Å². The Labute approximate surface area is 155 Å². The van der Waals surface area contributed by atoms with Crippen LogP contribution in [-0.2, 0) is 11.3 Å². The second-order valence-electron chi connectivity index (χ2n) is 5.92. The van der Waals surface area contributed by atoms with E-state index in [1.807, 2.05) is 61.5 Å². The summed E-state index contributed by atoms with van der Waals surface area (Å²) in [5, 5.41) is 11.0. The summed E-state index contributed by atoms with van der Waals surface area (Å²) in [4.78, 5) is 4.50. The lowest BCUT2D eigenvalue weighted by Crippen LogP contribution is -2.32. The van der Waals surface area contributed by atoms with Crippen molar-refractivity contribution >= 4 is 26.8 Å². The zero-order chi connectivity index (χ0) is 17.8. The molecule has 2 atom stereocenters. The van der Waals surface area contributed by atoms with Crippen LogP contribution in [0.25, 0.3) is 10.9 Å². The van der Waals surface area contributed by atoms with Gasteiger partial charge in [-0.2, -0.15) is 0 Å². The Hall–Kier alpha value is -1.95. The molecule has 0 bridgehead atoms. The van der Waals surface area contributed by atoms with Crippen molar-refractivity contribution in [2.45, 2.75) is 32.8 Å². The third-order valence-electron chi connectivity index (χ3n) is 3.80. The van der Waals surface area contributed by atoms with Crippen molar-refractivity contribution in [1.82, 2.24) is 4.98 Å². The van der Waals surface area contributed by atoms with E-state index in [1.165, 1.54) is 0 Å². The van der Waals surface area contributed by atoms with Gasteiger partial charge in [0.15, 0.2) is 0 Å². The summed E-state index contributed by atoms with van der Waals surface area (Å²) in [5.41, 5.74) is 2.87. The van der Waals surface area contributed by atoms with Crippen molar-refractivity contribution in [3.8, 4) is 5.75 Å². The number of aliphatic hydroxyl groups is 1. The smallest absolute Gasteiger partial charge is 0.226 e. The minimum atomic E-state index is -0.776. The van der Waals surface area contributed by atoms with Crippen LogP contribution >= 0.6 is 15.9 Å². The first kappa shape index (κ1) is 17.9. The fraction of sp³-hybridized carbons (Fsp3) is 0.250. The maximum atomic E-state index is 10.0. The lowest BCUT2D eigenvalue weighted by molar-refractivity contribution is -0.146. The maximum absolute atomic E-state index is 10.0. The van der Waals surface area contributed by atoms with E-state index < -0.39 is 12.4 Å². The van der Waals surface area contributed by atoms with E-state index in [0.717, 1.165) is 26.6 Å². The second kappa shape index (κ2) is 7.95. The van der Waals surface area contributed by atoms with Crippen molar-refractivity contribution < 1.29 is 14.6 Å². The number of rotatable bonds is 6. The molecule has 25 heavy (non-hydrogen) atoms. The Morgan fingerprint density at radius 1 is 1.08 bits per heavy atom. The Kier molecular flexibility index (Phi) is 5.68. The monoisotopic (exact) mass is 401 g/mol. The largest absolute Gasteiger partial charge is 0.461 e. The number of benzene rings is 2. The first-order valence-corrected chi connectivity index (χ1v) is 8.90. The van der Waals surface area contributed by atoms with E-state index in [-0.39, 0.29) is 0 Å². The van der Waals surface area contributed by atoms with Gasteiger partial charge in [0.2, 0.25) is 6.29 Å². The molecular weight excluding hydrogens is 382 g/mol. The van der Waals surface area contributed by atoms with Crippen molar-refractivity contribution in [2.24, 2.45) is 0 Å². The molecule has 2 aromatic carbocycles. The highest BCUT2D eigenvalue weighted by Gasteiger charge is 2.20. The second-order valence-corrected chi connectivity index (χ2v) is 6.71. The van der Waals surface area contributed by atoms with Gasteiger partial charge in [-0.3, -0.25) is 4.98 Å². The lowest BCUT2D eigenvalue weighted by atomic mass is 10.2. The fourth-order valence-corrected chi connectivity index (χ4v) is 3.05. The number of pyridine rings is 1. The molecule has 0 aliphatic rings. The molecule has 1 aromatic heterocycles. The van der Waals surface area contributed by atoms with Gasteiger partial charge in [-0.15, -0.1) is 0 Å². The predicted octanol–water partition coefficient (Wildman–Crippen LogP) is 4.61. The first-order chi connectivity index (χ1) is 12.0. The van der Waals surface area contributed by atoms with Crippen LogP contribution in [0.3, 0.4) is 0 Å². The molecule has 0 radical (unpaired) electrons. The van der Waals surface area contributed by atoms with Crippen LogP contribution in [0.4, 0.5) is 0 Å². The number of aromatic nitrogens is 1. The number of nitrogens with zero attached hydrogens (tertiary/aromatic N) is 1. The van der Waals surface area contributed by atoms with E-state index in [2.05, 4.69) is 20.9 Å². The van der Waals surface area contributed by atoms with Crippen LogP contribution in [0.15, 0.2) is 59.1 Å². The molecule has 1 N–H and O–H groups in total. The standard InChI is InChI=1S/C20H20BrNO3/c1-13-8-9-16-17(22-13)10-11-18(19(16)21)25-20(14(2)23)24-12-15-6-4-3-5-7-15/h3-11,14,20,23H,12H2,1-2H3/t14-,20?/m0/s1. The van der Waals surface area contributed by atoms with Crippen LogP contribution in [0, 0.1) is 6.92 Å². The molecule has 0 amide bonds. The van der Waals surface area contributed by atoms with E-state index in [4.69, 9.17) is 9.47 Å². The summed E-state index contributed by atoms with van der Waals surface area (Å²) >= 11 is 3.58. The molecule has 0 saturated heterocycles. The average Bonchev–Trinajstić information content (AvgIpc) is 2.61. The van der Waals surface area contributed by atoms with Crippen molar-refractivity contribution in [2.75, 3.05) is 0 Å². The van der Waals surface area contributed by atoms with Crippen molar-refractivity contribution in [3.63, 3.8) is 0 Å². The highest BCUT2D eigenvalue weighted by atomic mass is 79.9. The normalized spacial score (nSPS) is 13.6. The van der Waals surface area contributed by atoms with E-state index in [9.17, 15) is 5.11 Å². The van der Waals surface area contributed by atoms with Gasteiger partial charge in [0.1, 0.15) is 11.9 Å².